The van der Waals surface area contributed by atoms with Crippen molar-refractivity contribution in [3.05, 3.63) is 71.5 Å². The quantitative estimate of drug-likeness (QED) is 0.176. The molecule has 0 unspecified atom stereocenters. The summed E-state index contributed by atoms with van der Waals surface area (Å²) in [6.07, 6.45) is -7.08. The normalized spacial score (nSPS) is 20.2. The van der Waals surface area contributed by atoms with Gasteiger partial charge in [0.2, 0.25) is 5.91 Å². The number of alkyl carbamates (subject to hydrolysis) is 1. The summed E-state index contributed by atoms with van der Waals surface area (Å²) in [6, 6.07) is 14.2. The number of rotatable bonds is 14. The van der Waals surface area contributed by atoms with Crippen molar-refractivity contribution in [3.63, 3.8) is 0 Å². The van der Waals surface area contributed by atoms with Crippen LogP contribution < -0.4 is 10.6 Å². The smallest absolute Gasteiger partial charge is 0.407 e. The maximum Gasteiger partial charge on any atom is 0.407 e. The van der Waals surface area contributed by atoms with Crippen molar-refractivity contribution < 1.29 is 66.7 Å². The molecule has 2 aromatic carbocycles. The number of aromatic nitrogens is 3. The summed E-state index contributed by atoms with van der Waals surface area (Å²) >= 11 is 0. The molecule has 2 N–H and O–H groups in total. The molecular formula is C40H47N5O14. The largest absolute Gasteiger partial charge is 0.463 e. The number of nitrogens with zero attached hydrogens (tertiary/aromatic N) is 3. The average molecular weight is 822 g/mol. The summed E-state index contributed by atoms with van der Waals surface area (Å²) in [5.74, 6) is -4.90. The van der Waals surface area contributed by atoms with Crippen molar-refractivity contribution in [2.75, 3.05) is 13.2 Å². The molecule has 59 heavy (non-hydrogen) atoms. The van der Waals surface area contributed by atoms with E-state index in [1.165, 1.54) is 6.20 Å². The molecule has 6 atom stereocenters. The summed E-state index contributed by atoms with van der Waals surface area (Å²) in [7, 11) is 0. The molecule has 0 radical (unpaired) electrons. The van der Waals surface area contributed by atoms with Gasteiger partial charge in [0, 0.05) is 33.6 Å². The van der Waals surface area contributed by atoms with E-state index in [4.69, 9.17) is 33.2 Å². The fourth-order valence-electron chi connectivity index (χ4n) is 6.78. The minimum absolute atomic E-state index is 0.0387. The fraction of sp³-hybridized carbons (Fsp3) is 0.475. The minimum atomic E-state index is -1.46. The van der Waals surface area contributed by atoms with Gasteiger partial charge in [-0.05, 0) is 43.0 Å². The molecule has 1 aliphatic heterocycles. The number of ether oxygens (including phenoxy) is 7. The van der Waals surface area contributed by atoms with E-state index in [0.29, 0.717) is 0 Å². The Balaban J connectivity index is 1.31. The molecule has 316 valence electrons. The van der Waals surface area contributed by atoms with Crippen molar-refractivity contribution in [2.24, 2.45) is 0 Å². The molecule has 2 heterocycles. The number of hydrogen-bond acceptors (Lipinski definition) is 16. The number of amides is 2. The molecule has 2 amide bonds. The molecule has 19 nitrogen and oxygen atoms in total. The second-order valence-corrected chi connectivity index (χ2v) is 14.8. The van der Waals surface area contributed by atoms with E-state index in [2.05, 4.69) is 20.9 Å². The lowest BCUT2D eigenvalue weighted by Crippen LogP contribution is -2.60. The Morgan fingerprint density at radius 3 is 1.92 bits per heavy atom. The van der Waals surface area contributed by atoms with Crippen LogP contribution in [-0.2, 0) is 68.5 Å². The Morgan fingerprint density at radius 1 is 0.763 bits per heavy atom. The lowest BCUT2D eigenvalue weighted by Gasteiger charge is -2.44. The first-order chi connectivity index (χ1) is 27.9. The van der Waals surface area contributed by atoms with Crippen molar-refractivity contribution in [2.45, 2.75) is 110 Å². The van der Waals surface area contributed by atoms with Crippen LogP contribution in [0, 0.1) is 0 Å². The van der Waals surface area contributed by atoms with Crippen LogP contribution in [0.2, 0.25) is 0 Å². The lowest BCUT2D eigenvalue weighted by molar-refractivity contribution is -0.270. The maximum atomic E-state index is 13.6. The molecule has 1 fully saturated rings. The number of esters is 5. The highest BCUT2D eigenvalue weighted by Gasteiger charge is 2.53. The van der Waals surface area contributed by atoms with Gasteiger partial charge in [0.15, 0.2) is 24.5 Å². The van der Waals surface area contributed by atoms with Gasteiger partial charge in [-0.15, -0.1) is 5.10 Å². The third-order valence-corrected chi connectivity index (χ3v) is 8.97. The molecule has 19 heteroatoms. The Bertz CT molecular complexity index is 2020. The molecule has 1 saturated heterocycles. The van der Waals surface area contributed by atoms with E-state index >= 15 is 0 Å². The van der Waals surface area contributed by atoms with Crippen LogP contribution in [0.4, 0.5) is 4.79 Å². The highest BCUT2D eigenvalue weighted by molar-refractivity contribution is 5.89. The third-order valence-electron chi connectivity index (χ3n) is 8.97. The van der Waals surface area contributed by atoms with Crippen LogP contribution >= 0.6 is 0 Å². The number of fused-ring (bicyclic) bond motifs is 3. The van der Waals surface area contributed by atoms with Gasteiger partial charge in [-0.25, -0.2) is 9.48 Å². The van der Waals surface area contributed by atoms with Crippen LogP contribution in [-0.4, -0.2) is 106 Å². The van der Waals surface area contributed by atoms with E-state index in [9.17, 15) is 33.6 Å². The summed E-state index contributed by atoms with van der Waals surface area (Å²) < 4.78 is 39.8. The zero-order chi connectivity index (χ0) is 43.0. The van der Waals surface area contributed by atoms with E-state index < -0.39 is 97.2 Å². The monoisotopic (exact) mass is 821 g/mol. The van der Waals surface area contributed by atoms with E-state index in [1.54, 1.807) is 20.8 Å². The van der Waals surface area contributed by atoms with E-state index in [-0.39, 0.29) is 24.8 Å². The molecule has 1 aliphatic carbocycles. The Morgan fingerprint density at radius 2 is 1.34 bits per heavy atom. The van der Waals surface area contributed by atoms with E-state index in [0.717, 1.165) is 54.6 Å². The van der Waals surface area contributed by atoms with Gasteiger partial charge in [0.1, 0.15) is 36.7 Å². The lowest BCUT2D eigenvalue weighted by atomic mass is 9.97. The SMILES string of the molecule is CC(=O)OC[C@H]1O[C@@H](n2cc(CNC(=O)[C@H](CC(=O)OC(C)(C)C)NC(=O)OCC3c4ccccc4-c4ccccc43)nn2)[C@H](OC(C)=O)[C@@H](OC(C)=O)[C@@H]1OC(C)=O. The Kier molecular flexibility index (Phi) is 14.0. The van der Waals surface area contributed by atoms with Crippen LogP contribution in [0.25, 0.3) is 11.1 Å². The standard InChI is InChI=1S/C40H47N5O14/c1-21(46)53-20-32-34(55-22(2)47)35(56-23(3)48)36(57-24(4)49)38(58-32)45-18-25(43-44-45)17-41-37(51)31(16-33(50)59-40(5,6)7)42-39(52)54-19-30-28-14-10-8-12-26(28)27-13-9-11-15-29(27)30/h8-15,18,30-32,34-36,38H,16-17,19-20H2,1-7H3,(H,41,51)(H,42,52)/t31-,32+,34+,35-,36+,38+/m0/s1. The molecule has 5 rings (SSSR count). The van der Waals surface area contributed by atoms with Gasteiger partial charge in [-0.2, -0.15) is 0 Å². The van der Waals surface area contributed by atoms with Gasteiger partial charge in [-0.1, -0.05) is 53.7 Å². The van der Waals surface area contributed by atoms with Crippen LogP contribution in [0.3, 0.4) is 0 Å². The molecule has 0 bridgehead atoms. The predicted molar refractivity (Wildman–Crippen MR) is 202 cm³/mol. The summed E-state index contributed by atoms with van der Waals surface area (Å²) in [5.41, 5.74) is 3.29. The van der Waals surface area contributed by atoms with Crippen molar-refractivity contribution in [1.82, 2.24) is 25.6 Å². The first-order valence-corrected chi connectivity index (χ1v) is 18.7. The Labute approximate surface area is 339 Å². The van der Waals surface area contributed by atoms with Crippen molar-refractivity contribution in [1.29, 1.82) is 0 Å². The summed E-state index contributed by atoms with van der Waals surface area (Å²) in [4.78, 5) is 88.0. The van der Waals surface area contributed by atoms with Crippen LogP contribution in [0.15, 0.2) is 54.7 Å². The molecule has 0 saturated carbocycles. The zero-order valence-corrected chi connectivity index (χ0v) is 33.6. The second kappa shape index (κ2) is 18.9. The number of hydrogen-bond donors (Lipinski definition) is 2. The highest BCUT2D eigenvalue weighted by atomic mass is 16.7. The number of benzene rings is 2. The van der Waals surface area contributed by atoms with Gasteiger partial charge >= 0.3 is 35.9 Å². The fourth-order valence-corrected chi connectivity index (χ4v) is 6.78. The second-order valence-electron chi connectivity index (χ2n) is 14.8. The minimum Gasteiger partial charge on any atom is -0.463 e. The van der Waals surface area contributed by atoms with Crippen molar-refractivity contribution >= 4 is 41.8 Å². The molecule has 3 aromatic rings. The topological polar surface area (TPSA) is 239 Å². The summed E-state index contributed by atoms with van der Waals surface area (Å²) in [5, 5.41) is 13.2. The number of carbonyl (C=O) groups is 7. The summed E-state index contributed by atoms with van der Waals surface area (Å²) in [6.45, 7) is 8.64. The Hall–Kier alpha value is -6.37. The third kappa shape index (κ3) is 11.6. The number of carbonyl (C=O) groups excluding carboxylic acids is 7. The van der Waals surface area contributed by atoms with Gasteiger partial charge in [0.05, 0.1) is 19.2 Å². The molecular weight excluding hydrogens is 774 g/mol. The molecule has 2 aliphatic rings. The number of nitrogens with one attached hydrogen (secondary N) is 2. The molecule has 0 spiro atoms. The predicted octanol–water partition coefficient (Wildman–Crippen LogP) is 2.79. The molecule has 1 aromatic heterocycles. The van der Waals surface area contributed by atoms with Crippen molar-refractivity contribution in [3.8, 4) is 11.1 Å². The first-order valence-electron chi connectivity index (χ1n) is 18.7. The van der Waals surface area contributed by atoms with Gasteiger partial charge < -0.3 is 43.8 Å². The highest BCUT2D eigenvalue weighted by Crippen LogP contribution is 2.44. The van der Waals surface area contributed by atoms with Gasteiger partial charge in [0.25, 0.3) is 0 Å². The van der Waals surface area contributed by atoms with E-state index in [1.807, 2.05) is 48.5 Å². The maximum absolute atomic E-state index is 13.6. The van der Waals surface area contributed by atoms with Crippen LogP contribution in [0.5, 0.6) is 0 Å². The zero-order valence-electron chi connectivity index (χ0n) is 33.6. The van der Waals surface area contributed by atoms with Crippen LogP contribution in [0.1, 0.15) is 83.9 Å². The first kappa shape index (κ1) is 43.7. The van der Waals surface area contributed by atoms with Gasteiger partial charge in [-0.3, -0.25) is 28.8 Å². The average Bonchev–Trinajstić information content (AvgIpc) is 3.75.